The Balaban J connectivity index is 1.70. The zero-order valence-corrected chi connectivity index (χ0v) is 12.1. The Morgan fingerprint density at radius 3 is 2.44 bits per heavy atom. The minimum Gasteiger partial charge on any atom is -0.308 e. The molecule has 1 saturated heterocycles. The SMILES string of the molecule is CCC1CNC2(CCCC2)CN1C1CCCCC1. The molecule has 3 rings (SSSR count). The minimum atomic E-state index is 0.503. The number of piperazine rings is 1. The Morgan fingerprint density at radius 2 is 1.78 bits per heavy atom. The van der Waals surface area contributed by atoms with Crippen LogP contribution >= 0.6 is 0 Å². The van der Waals surface area contributed by atoms with Crippen LogP contribution in [0, 0.1) is 0 Å². The van der Waals surface area contributed by atoms with Gasteiger partial charge in [-0.3, -0.25) is 4.90 Å². The summed E-state index contributed by atoms with van der Waals surface area (Å²) in [7, 11) is 0. The smallest absolute Gasteiger partial charge is 0.0309 e. The molecule has 3 aliphatic rings. The molecular formula is C16H30N2. The van der Waals surface area contributed by atoms with Gasteiger partial charge in [-0.2, -0.15) is 0 Å². The summed E-state index contributed by atoms with van der Waals surface area (Å²) in [6.45, 7) is 4.96. The highest BCUT2D eigenvalue weighted by atomic mass is 15.3. The van der Waals surface area contributed by atoms with Gasteiger partial charge < -0.3 is 5.32 Å². The van der Waals surface area contributed by atoms with Crippen LogP contribution in [0.2, 0.25) is 0 Å². The molecule has 0 bridgehead atoms. The summed E-state index contributed by atoms with van der Waals surface area (Å²) >= 11 is 0. The molecule has 1 atom stereocenters. The lowest BCUT2D eigenvalue weighted by Gasteiger charge is -2.50. The van der Waals surface area contributed by atoms with E-state index in [2.05, 4.69) is 17.1 Å². The van der Waals surface area contributed by atoms with Crippen molar-refractivity contribution in [2.75, 3.05) is 13.1 Å². The Labute approximate surface area is 113 Å². The summed E-state index contributed by atoms with van der Waals surface area (Å²) < 4.78 is 0. The fourth-order valence-electron chi connectivity index (χ4n) is 4.59. The van der Waals surface area contributed by atoms with Crippen LogP contribution in [0.4, 0.5) is 0 Å². The van der Waals surface area contributed by atoms with Crippen molar-refractivity contribution < 1.29 is 0 Å². The van der Waals surface area contributed by atoms with Gasteiger partial charge in [-0.15, -0.1) is 0 Å². The molecule has 0 aromatic heterocycles. The molecule has 1 spiro atoms. The van der Waals surface area contributed by atoms with E-state index in [0.717, 1.165) is 12.1 Å². The van der Waals surface area contributed by atoms with E-state index in [-0.39, 0.29) is 0 Å². The average Bonchev–Trinajstić information content (AvgIpc) is 2.88. The first-order valence-corrected chi connectivity index (χ1v) is 8.34. The zero-order chi connectivity index (χ0) is 12.4. The fraction of sp³-hybridized carbons (Fsp3) is 1.00. The number of rotatable bonds is 2. The summed E-state index contributed by atoms with van der Waals surface area (Å²) in [6.07, 6.45) is 14.4. The number of nitrogens with one attached hydrogen (secondary N) is 1. The maximum absolute atomic E-state index is 3.92. The molecule has 1 heterocycles. The van der Waals surface area contributed by atoms with Gasteiger partial charge in [-0.1, -0.05) is 39.0 Å². The largest absolute Gasteiger partial charge is 0.308 e. The van der Waals surface area contributed by atoms with Gasteiger partial charge in [-0.05, 0) is 32.1 Å². The van der Waals surface area contributed by atoms with Crippen LogP contribution in [-0.2, 0) is 0 Å². The van der Waals surface area contributed by atoms with E-state index in [1.807, 2.05) is 0 Å². The molecule has 104 valence electrons. The normalized spacial score (nSPS) is 34.2. The molecule has 1 aliphatic heterocycles. The van der Waals surface area contributed by atoms with E-state index in [0.29, 0.717) is 5.54 Å². The predicted octanol–water partition coefficient (Wildman–Crippen LogP) is 3.32. The molecule has 1 N–H and O–H groups in total. The number of nitrogens with zero attached hydrogens (tertiary/aromatic N) is 1. The molecule has 0 aromatic carbocycles. The second kappa shape index (κ2) is 5.50. The highest BCUT2D eigenvalue weighted by Crippen LogP contribution is 2.36. The Morgan fingerprint density at radius 1 is 1.06 bits per heavy atom. The third-order valence-electron chi connectivity index (χ3n) is 5.74. The van der Waals surface area contributed by atoms with Crippen molar-refractivity contribution in [2.45, 2.75) is 88.8 Å². The topological polar surface area (TPSA) is 15.3 Å². The van der Waals surface area contributed by atoms with Gasteiger partial charge in [-0.25, -0.2) is 0 Å². The van der Waals surface area contributed by atoms with Gasteiger partial charge in [0, 0.05) is 30.7 Å². The van der Waals surface area contributed by atoms with Gasteiger partial charge >= 0.3 is 0 Å². The first-order chi connectivity index (χ1) is 8.83. The second-order valence-corrected chi connectivity index (χ2v) is 6.89. The van der Waals surface area contributed by atoms with Crippen LogP contribution in [0.1, 0.15) is 71.1 Å². The Kier molecular flexibility index (Phi) is 3.95. The molecule has 0 amide bonds. The van der Waals surface area contributed by atoms with E-state index in [1.165, 1.54) is 77.3 Å². The summed E-state index contributed by atoms with van der Waals surface area (Å²) in [6, 6.07) is 1.71. The minimum absolute atomic E-state index is 0.503. The molecule has 2 heteroatoms. The van der Waals surface area contributed by atoms with Crippen molar-refractivity contribution >= 4 is 0 Å². The lowest BCUT2D eigenvalue weighted by molar-refractivity contribution is 0.0267. The Bertz CT molecular complexity index is 264. The summed E-state index contributed by atoms with van der Waals surface area (Å²) in [4.78, 5) is 2.92. The third-order valence-corrected chi connectivity index (χ3v) is 5.74. The standard InChI is InChI=1S/C16H30N2/c1-2-14-12-17-16(10-6-7-11-16)13-18(14)15-8-4-3-5-9-15/h14-15,17H,2-13H2,1H3. The van der Waals surface area contributed by atoms with Crippen LogP contribution in [-0.4, -0.2) is 35.6 Å². The molecule has 2 saturated carbocycles. The van der Waals surface area contributed by atoms with Gasteiger partial charge in [0.1, 0.15) is 0 Å². The maximum Gasteiger partial charge on any atom is 0.0309 e. The summed E-state index contributed by atoms with van der Waals surface area (Å²) in [5.41, 5.74) is 0.503. The molecule has 0 aromatic rings. The van der Waals surface area contributed by atoms with Crippen molar-refractivity contribution in [3.63, 3.8) is 0 Å². The molecule has 18 heavy (non-hydrogen) atoms. The number of hydrogen-bond donors (Lipinski definition) is 1. The quantitative estimate of drug-likeness (QED) is 0.809. The summed E-state index contributed by atoms with van der Waals surface area (Å²) in [5.74, 6) is 0. The van der Waals surface area contributed by atoms with E-state index in [4.69, 9.17) is 0 Å². The van der Waals surface area contributed by atoms with Crippen LogP contribution in [0.3, 0.4) is 0 Å². The second-order valence-electron chi connectivity index (χ2n) is 6.89. The predicted molar refractivity (Wildman–Crippen MR) is 76.9 cm³/mol. The van der Waals surface area contributed by atoms with Gasteiger partial charge in [0.25, 0.3) is 0 Å². The van der Waals surface area contributed by atoms with Crippen molar-refractivity contribution in [2.24, 2.45) is 0 Å². The first kappa shape index (κ1) is 12.9. The van der Waals surface area contributed by atoms with Crippen LogP contribution in [0.5, 0.6) is 0 Å². The van der Waals surface area contributed by atoms with Crippen LogP contribution in [0.15, 0.2) is 0 Å². The van der Waals surface area contributed by atoms with E-state index < -0.39 is 0 Å². The molecule has 0 radical (unpaired) electrons. The van der Waals surface area contributed by atoms with E-state index >= 15 is 0 Å². The highest BCUT2D eigenvalue weighted by molar-refractivity contribution is 5.02. The first-order valence-electron chi connectivity index (χ1n) is 8.34. The number of hydrogen-bond acceptors (Lipinski definition) is 2. The van der Waals surface area contributed by atoms with Crippen molar-refractivity contribution in [1.29, 1.82) is 0 Å². The van der Waals surface area contributed by atoms with Crippen molar-refractivity contribution in [3.8, 4) is 0 Å². The third kappa shape index (κ3) is 2.46. The lowest BCUT2D eigenvalue weighted by Crippen LogP contribution is -2.65. The monoisotopic (exact) mass is 250 g/mol. The zero-order valence-electron chi connectivity index (χ0n) is 12.1. The fourth-order valence-corrected chi connectivity index (χ4v) is 4.59. The lowest BCUT2D eigenvalue weighted by atomic mass is 9.86. The van der Waals surface area contributed by atoms with Gasteiger partial charge in [0.2, 0.25) is 0 Å². The van der Waals surface area contributed by atoms with Crippen LogP contribution < -0.4 is 5.32 Å². The highest BCUT2D eigenvalue weighted by Gasteiger charge is 2.42. The molecule has 2 aliphatic carbocycles. The van der Waals surface area contributed by atoms with E-state index in [1.54, 1.807) is 0 Å². The Hall–Kier alpha value is -0.0800. The van der Waals surface area contributed by atoms with Crippen molar-refractivity contribution in [1.82, 2.24) is 10.2 Å². The molecular weight excluding hydrogens is 220 g/mol. The maximum atomic E-state index is 3.92. The van der Waals surface area contributed by atoms with Gasteiger partial charge in [0.15, 0.2) is 0 Å². The molecule has 3 fully saturated rings. The van der Waals surface area contributed by atoms with Crippen LogP contribution in [0.25, 0.3) is 0 Å². The molecule has 1 unspecified atom stereocenters. The van der Waals surface area contributed by atoms with Gasteiger partial charge in [0.05, 0.1) is 0 Å². The molecule has 2 nitrogen and oxygen atoms in total. The summed E-state index contributed by atoms with van der Waals surface area (Å²) in [5, 5.41) is 3.92. The van der Waals surface area contributed by atoms with Crippen molar-refractivity contribution in [3.05, 3.63) is 0 Å². The van der Waals surface area contributed by atoms with E-state index in [9.17, 15) is 0 Å². The average molecular weight is 250 g/mol.